The summed E-state index contributed by atoms with van der Waals surface area (Å²) in [6.45, 7) is 0.941. The number of hydrogen-bond acceptors (Lipinski definition) is 5. The zero-order valence-corrected chi connectivity index (χ0v) is 18.0. The Labute approximate surface area is 185 Å². The number of hydrogen-bond donors (Lipinski definition) is 2. The summed E-state index contributed by atoms with van der Waals surface area (Å²) >= 11 is 0. The molecule has 0 aliphatic carbocycles. The molecule has 0 unspecified atom stereocenters. The van der Waals surface area contributed by atoms with Crippen molar-refractivity contribution in [3.05, 3.63) is 94.4 Å². The maximum absolute atomic E-state index is 12.8. The Balaban J connectivity index is 1.53. The van der Waals surface area contributed by atoms with Gasteiger partial charge in [0.1, 0.15) is 11.4 Å². The van der Waals surface area contributed by atoms with Crippen molar-refractivity contribution in [2.45, 2.75) is 24.3 Å². The van der Waals surface area contributed by atoms with Crippen LogP contribution < -0.4 is 15.6 Å². The standard InChI is InChI=1S/C23H22N4O4S/c28-22(20-11-6-14-27(23(20)29)16-17-7-2-1-3-8-17)25-18-9-4-10-19(15-18)32(30,31)26-21-12-5-13-24-21/h1-4,6-11,14-15H,5,12-13,16H2,(H,24,26)(H,25,28). The van der Waals surface area contributed by atoms with Gasteiger partial charge in [-0.2, -0.15) is 0 Å². The number of sulfonamides is 1. The van der Waals surface area contributed by atoms with Crippen LogP contribution in [-0.4, -0.2) is 31.3 Å². The number of carbonyl (C=O) groups is 1. The van der Waals surface area contributed by atoms with Gasteiger partial charge in [0.2, 0.25) is 0 Å². The number of amides is 1. The predicted molar refractivity (Wildman–Crippen MR) is 122 cm³/mol. The van der Waals surface area contributed by atoms with Gasteiger partial charge in [-0.1, -0.05) is 36.4 Å². The van der Waals surface area contributed by atoms with E-state index in [2.05, 4.69) is 15.0 Å². The molecule has 1 amide bonds. The molecule has 2 heterocycles. The third-order valence-corrected chi connectivity index (χ3v) is 6.37. The third kappa shape index (κ3) is 4.94. The molecule has 0 radical (unpaired) electrons. The fraction of sp³-hybridized carbons (Fsp3) is 0.174. The summed E-state index contributed by atoms with van der Waals surface area (Å²) in [5.74, 6) is -0.178. The van der Waals surface area contributed by atoms with Gasteiger partial charge in [-0.3, -0.25) is 19.3 Å². The molecule has 0 bridgehead atoms. The molecular formula is C23H22N4O4S. The average Bonchev–Trinajstić information content (AvgIpc) is 3.28. The maximum atomic E-state index is 12.8. The van der Waals surface area contributed by atoms with Crippen LogP contribution in [0.5, 0.6) is 0 Å². The molecule has 0 fully saturated rings. The Bertz CT molecular complexity index is 1330. The molecule has 3 aromatic rings. The second-order valence-corrected chi connectivity index (χ2v) is 9.04. The molecule has 1 aliphatic heterocycles. The molecule has 0 atom stereocenters. The average molecular weight is 451 g/mol. The zero-order chi connectivity index (χ0) is 22.6. The van der Waals surface area contributed by atoms with Crippen molar-refractivity contribution in [2.75, 3.05) is 11.9 Å². The number of nitrogens with zero attached hydrogens (tertiary/aromatic N) is 2. The first-order chi connectivity index (χ1) is 15.4. The highest BCUT2D eigenvalue weighted by Gasteiger charge is 2.19. The van der Waals surface area contributed by atoms with Crippen LogP contribution in [0, 0.1) is 0 Å². The van der Waals surface area contributed by atoms with E-state index >= 15 is 0 Å². The lowest BCUT2D eigenvalue weighted by Crippen LogP contribution is -2.30. The SMILES string of the molecule is O=C(Nc1cccc(S(=O)(=O)NC2=NCCC2)c1)c1cccn(Cc2ccccc2)c1=O. The highest BCUT2D eigenvalue weighted by molar-refractivity contribution is 7.90. The quantitative estimate of drug-likeness (QED) is 0.602. The van der Waals surface area contributed by atoms with Gasteiger partial charge in [0, 0.05) is 24.8 Å². The lowest BCUT2D eigenvalue weighted by atomic mass is 10.2. The molecule has 2 N–H and O–H groups in total. The van der Waals surface area contributed by atoms with E-state index in [1.807, 2.05) is 30.3 Å². The van der Waals surface area contributed by atoms with Crippen molar-refractivity contribution in [3.8, 4) is 0 Å². The predicted octanol–water partition coefficient (Wildman–Crippen LogP) is 2.62. The summed E-state index contributed by atoms with van der Waals surface area (Å²) in [6, 6.07) is 18.4. The molecule has 0 spiro atoms. The molecule has 2 aromatic carbocycles. The van der Waals surface area contributed by atoms with E-state index < -0.39 is 21.5 Å². The Hall–Kier alpha value is -3.72. The van der Waals surface area contributed by atoms with Gasteiger partial charge in [0.25, 0.3) is 21.5 Å². The smallest absolute Gasteiger partial charge is 0.263 e. The van der Waals surface area contributed by atoms with E-state index in [0.29, 0.717) is 25.3 Å². The van der Waals surface area contributed by atoms with Crippen molar-refractivity contribution >= 4 is 27.5 Å². The van der Waals surface area contributed by atoms with Crippen LogP contribution in [0.15, 0.2) is 87.6 Å². The molecule has 9 heteroatoms. The first-order valence-corrected chi connectivity index (χ1v) is 11.6. The van der Waals surface area contributed by atoms with Gasteiger partial charge in [-0.15, -0.1) is 0 Å². The summed E-state index contributed by atoms with van der Waals surface area (Å²) < 4.78 is 29.2. The lowest BCUT2D eigenvalue weighted by molar-refractivity contribution is 0.102. The summed E-state index contributed by atoms with van der Waals surface area (Å²) in [5.41, 5.74) is 0.738. The molecule has 0 saturated carbocycles. The highest BCUT2D eigenvalue weighted by atomic mass is 32.2. The van der Waals surface area contributed by atoms with Gasteiger partial charge in [-0.05, 0) is 42.3 Å². The van der Waals surface area contributed by atoms with Crippen LogP contribution in [0.2, 0.25) is 0 Å². The van der Waals surface area contributed by atoms with Crippen molar-refractivity contribution in [2.24, 2.45) is 4.99 Å². The first-order valence-electron chi connectivity index (χ1n) is 10.1. The van der Waals surface area contributed by atoms with Gasteiger partial charge in [0.05, 0.1) is 11.4 Å². The van der Waals surface area contributed by atoms with Gasteiger partial charge in [-0.25, -0.2) is 8.42 Å². The maximum Gasteiger partial charge on any atom is 0.263 e. The minimum atomic E-state index is -3.81. The topological polar surface area (TPSA) is 110 Å². The second kappa shape index (κ2) is 9.19. The third-order valence-electron chi connectivity index (χ3n) is 4.99. The van der Waals surface area contributed by atoms with Gasteiger partial charge in [0.15, 0.2) is 0 Å². The summed E-state index contributed by atoms with van der Waals surface area (Å²) in [6.07, 6.45) is 3.02. The number of carbonyl (C=O) groups excluding carboxylic acids is 1. The molecule has 8 nitrogen and oxygen atoms in total. The Kier molecular flexibility index (Phi) is 6.18. The Morgan fingerprint density at radius 3 is 2.59 bits per heavy atom. The number of pyridine rings is 1. The van der Waals surface area contributed by atoms with Crippen LogP contribution in [-0.2, 0) is 16.6 Å². The van der Waals surface area contributed by atoms with Crippen LogP contribution in [0.3, 0.4) is 0 Å². The van der Waals surface area contributed by atoms with Gasteiger partial charge < -0.3 is 9.88 Å². The Morgan fingerprint density at radius 1 is 1.03 bits per heavy atom. The van der Waals surface area contributed by atoms with E-state index in [-0.39, 0.29) is 16.1 Å². The zero-order valence-electron chi connectivity index (χ0n) is 17.2. The minimum Gasteiger partial charge on any atom is -0.322 e. The van der Waals surface area contributed by atoms with Crippen LogP contribution in [0.25, 0.3) is 0 Å². The first kappa shape index (κ1) is 21.5. The van der Waals surface area contributed by atoms with Crippen molar-refractivity contribution in [3.63, 3.8) is 0 Å². The molecule has 0 saturated heterocycles. The number of benzene rings is 2. The number of rotatable bonds is 6. The summed E-state index contributed by atoms with van der Waals surface area (Å²) in [7, 11) is -3.81. The van der Waals surface area contributed by atoms with E-state index in [1.165, 1.54) is 28.8 Å². The summed E-state index contributed by atoms with van der Waals surface area (Å²) in [4.78, 5) is 29.7. The monoisotopic (exact) mass is 450 g/mol. The fourth-order valence-corrected chi connectivity index (χ4v) is 4.53. The number of anilines is 1. The molecular weight excluding hydrogens is 428 g/mol. The number of amidine groups is 1. The van der Waals surface area contributed by atoms with E-state index in [9.17, 15) is 18.0 Å². The fourth-order valence-electron chi connectivity index (χ4n) is 3.39. The van der Waals surface area contributed by atoms with Crippen molar-refractivity contribution < 1.29 is 13.2 Å². The lowest BCUT2D eigenvalue weighted by Gasteiger charge is -2.11. The van der Waals surface area contributed by atoms with E-state index in [1.54, 1.807) is 18.3 Å². The normalized spacial score (nSPS) is 13.4. The van der Waals surface area contributed by atoms with Crippen LogP contribution in [0.4, 0.5) is 5.69 Å². The van der Waals surface area contributed by atoms with Gasteiger partial charge >= 0.3 is 0 Å². The van der Waals surface area contributed by atoms with Crippen molar-refractivity contribution in [1.29, 1.82) is 0 Å². The van der Waals surface area contributed by atoms with Crippen molar-refractivity contribution in [1.82, 2.24) is 9.29 Å². The number of nitrogens with one attached hydrogen (secondary N) is 2. The van der Waals surface area contributed by atoms with E-state index in [0.717, 1.165) is 12.0 Å². The van der Waals surface area contributed by atoms with Crippen LogP contribution in [0.1, 0.15) is 28.8 Å². The molecule has 32 heavy (non-hydrogen) atoms. The number of aromatic nitrogens is 1. The Morgan fingerprint density at radius 2 is 1.84 bits per heavy atom. The number of aliphatic imine (C=N–C) groups is 1. The largest absolute Gasteiger partial charge is 0.322 e. The second-order valence-electron chi connectivity index (χ2n) is 7.36. The van der Waals surface area contributed by atoms with Crippen LogP contribution >= 0.6 is 0 Å². The molecule has 164 valence electrons. The van der Waals surface area contributed by atoms with E-state index in [4.69, 9.17) is 0 Å². The highest BCUT2D eigenvalue weighted by Crippen LogP contribution is 2.17. The molecule has 4 rings (SSSR count). The molecule has 1 aliphatic rings. The summed E-state index contributed by atoms with van der Waals surface area (Å²) in [5, 5.41) is 2.62. The minimum absolute atomic E-state index is 0.000509. The molecule has 1 aromatic heterocycles.